The summed E-state index contributed by atoms with van der Waals surface area (Å²) < 4.78 is 37.0. The Balaban J connectivity index is 1.64. The summed E-state index contributed by atoms with van der Waals surface area (Å²) in [6.07, 6.45) is 2.90. The van der Waals surface area contributed by atoms with Crippen molar-refractivity contribution in [1.82, 2.24) is 4.31 Å². The molecular weight excluding hydrogens is 366 g/mol. The van der Waals surface area contributed by atoms with E-state index in [-0.39, 0.29) is 4.90 Å². The Kier molecular flexibility index (Phi) is 6.05. The number of hydrogen-bond acceptors (Lipinski definition) is 5. The molecule has 0 aliphatic carbocycles. The number of morpholine rings is 1. The third-order valence-corrected chi connectivity index (χ3v) is 6.02. The van der Waals surface area contributed by atoms with Crippen LogP contribution >= 0.6 is 0 Å². The molecule has 1 aliphatic rings. The Hall–Kier alpha value is -2.48. The molecule has 3 rings (SSSR count). The first kappa shape index (κ1) is 19.3. The van der Waals surface area contributed by atoms with Crippen molar-refractivity contribution in [2.45, 2.75) is 11.8 Å². The Morgan fingerprint density at radius 3 is 2.48 bits per heavy atom. The SMILES string of the molecule is Cc1cccc(OC(=O)/C=C/c2ccc(S(=O)(=O)N3CCOCC3)cc2)c1. The normalized spacial score (nSPS) is 15.7. The van der Waals surface area contributed by atoms with E-state index >= 15 is 0 Å². The predicted molar refractivity (Wildman–Crippen MR) is 102 cm³/mol. The summed E-state index contributed by atoms with van der Waals surface area (Å²) >= 11 is 0. The standard InChI is InChI=1S/C20H21NO5S/c1-16-3-2-4-18(15-16)26-20(22)10-7-17-5-8-19(9-6-17)27(23,24)21-11-13-25-14-12-21/h2-10,15H,11-14H2,1H3/b10-7+. The number of benzene rings is 2. The van der Waals surface area contributed by atoms with E-state index in [1.165, 1.54) is 22.5 Å². The number of hydrogen-bond donors (Lipinski definition) is 0. The molecule has 27 heavy (non-hydrogen) atoms. The molecule has 142 valence electrons. The van der Waals surface area contributed by atoms with Crippen LogP contribution in [0, 0.1) is 6.92 Å². The molecule has 6 nitrogen and oxygen atoms in total. The monoisotopic (exact) mass is 387 g/mol. The molecule has 0 atom stereocenters. The molecule has 0 N–H and O–H groups in total. The maximum absolute atomic E-state index is 12.6. The fraction of sp³-hybridized carbons (Fsp3) is 0.250. The first-order chi connectivity index (χ1) is 12.9. The van der Waals surface area contributed by atoms with Gasteiger partial charge in [-0.1, -0.05) is 24.3 Å². The maximum atomic E-state index is 12.6. The molecule has 0 unspecified atom stereocenters. The number of nitrogens with zero attached hydrogens (tertiary/aromatic N) is 1. The van der Waals surface area contributed by atoms with E-state index in [1.54, 1.807) is 30.3 Å². The van der Waals surface area contributed by atoms with E-state index in [1.807, 2.05) is 19.1 Å². The quantitative estimate of drug-likeness (QED) is 0.448. The zero-order chi connectivity index (χ0) is 19.3. The Labute approximate surface area is 159 Å². The summed E-state index contributed by atoms with van der Waals surface area (Å²) in [5.41, 5.74) is 1.71. The fourth-order valence-electron chi connectivity index (χ4n) is 2.68. The van der Waals surface area contributed by atoms with Crippen LogP contribution in [-0.2, 0) is 19.6 Å². The van der Waals surface area contributed by atoms with Gasteiger partial charge in [-0.25, -0.2) is 13.2 Å². The van der Waals surface area contributed by atoms with E-state index in [0.29, 0.717) is 37.6 Å². The lowest BCUT2D eigenvalue weighted by Crippen LogP contribution is -2.40. The zero-order valence-corrected chi connectivity index (χ0v) is 15.8. The van der Waals surface area contributed by atoms with Crippen LogP contribution in [0.25, 0.3) is 6.08 Å². The van der Waals surface area contributed by atoms with Crippen LogP contribution in [0.4, 0.5) is 0 Å². The number of aryl methyl sites for hydroxylation is 1. The van der Waals surface area contributed by atoms with E-state index in [0.717, 1.165) is 5.56 Å². The lowest BCUT2D eigenvalue weighted by Gasteiger charge is -2.26. The largest absolute Gasteiger partial charge is 0.423 e. The van der Waals surface area contributed by atoms with Crippen LogP contribution in [0.5, 0.6) is 5.75 Å². The number of rotatable bonds is 5. The molecule has 0 aromatic heterocycles. The second kappa shape index (κ2) is 8.47. The minimum Gasteiger partial charge on any atom is -0.423 e. The van der Waals surface area contributed by atoms with Gasteiger partial charge in [0.25, 0.3) is 0 Å². The van der Waals surface area contributed by atoms with E-state index < -0.39 is 16.0 Å². The topological polar surface area (TPSA) is 72.9 Å². The third-order valence-electron chi connectivity index (χ3n) is 4.11. The van der Waals surface area contributed by atoms with Crippen molar-refractivity contribution in [2.24, 2.45) is 0 Å². The molecule has 1 fully saturated rings. The van der Waals surface area contributed by atoms with Crippen LogP contribution in [0.2, 0.25) is 0 Å². The van der Waals surface area contributed by atoms with E-state index in [4.69, 9.17) is 9.47 Å². The van der Waals surface area contributed by atoms with Crippen LogP contribution in [0.1, 0.15) is 11.1 Å². The number of sulfonamides is 1. The summed E-state index contributed by atoms with van der Waals surface area (Å²) in [5, 5.41) is 0. The highest BCUT2D eigenvalue weighted by Gasteiger charge is 2.25. The van der Waals surface area contributed by atoms with Gasteiger partial charge in [0.1, 0.15) is 5.75 Å². The van der Waals surface area contributed by atoms with Crippen molar-refractivity contribution in [1.29, 1.82) is 0 Å². The highest BCUT2D eigenvalue weighted by molar-refractivity contribution is 7.89. The molecule has 7 heteroatoms. The van der Waals surface area contributed by atoms with E-state index in [2.05, 4.69) is 0 Å². The predicted octanol–water partition coefficient (Wildman–Crippen LogP) is 2.63. The molecule has 1 aliphatic heterocycles. The van der Waals surface area contributed by atoms with E-state index in [9.17, 15) is 13.2 Å². The van der Waals surface area contributed by atoms with Crippen LogP contribution in [-0.4, -0.2) is 45.0 Å². The van der Waals surface area contributed by atoms with Gasteiger partial charge in [-0.3, -0.25) is 0 Å². The van der Waals surface area contributed by atoms with Gasteiger partial charge < -0.3 is 9.47 Å². The van der Waals surface area contributed by atoms with Gasteiger partial charge in [0.05, 0.1) is 18.1 Å². The van der Waals surface area contributed by atoms with Crippen LogP contribution in [0.15, 0.2) is 59.5 Å². The first-order valence-corrected chi connectivity index (χ1v) is 10.0. The molecule has 2 aromatic carbocycles. The summed E-state index contributed by atoms with van der Waals surface area (Å²) in [6.45, 7) is 3.44. The minimum atomic E-state index is -3.52. The molecule has 0 spiro atoms. The van der Waals surface area contributed by atoms with Crippen molar-refractivity contribution < 1.29 is 22.7 Å². The second-order valence-corrected chi connectivity index (χ2v) is 8.09. The Bertz CT molecular complexity index is 929. The lowest BCUT2D eigenvalue weighted by molar-refractivity contribution is -0.128. The molecule has 1 saturated heterocycles. The highest BCUT2D eigenvalue weighted by atomic mass is 32.2. The molecule has 0 saturated carbocycles. The zero-order valence-electron chi connectivity index (χ0n) is 15.0. The second-order valence-electron chi connectivity index (χ2n) is 6.16. The lowest BCUT2D eigenvalue weighted by atomic mass is 10.2. The molecule has 2 aromatic rings. The number of carbonyl (C=O) groups is 1. The smallest absolute Gasteiger partial charge is 0.336 e. The number of ether oxygens (including phenoxy) is 2. The van der Waals surface area contributed by atoms with Gasteiger partial charge in [-0.2, -0.15) is 4.31 Å². The van der Waals surface area contributed by atoms with Crippen LogP contribution in [0.3, 0.4) is 0 Å². The Morgan fingerprint density at radius 1 is 1.11 bits per heavy atom. The van der Waals surface area contributed by atoms with Gasteiger partial charge in [-0.05, 0) is 48.4 Å². The van der Waals surface area contributed by atoms with Crippen molar-refractivity contribution in [3.63, 3.8) is 0 Å². The molecule has 0 amide bonds. The third kappa shape index (κ3) is 5.03. The van der Waals surface area contributed by atoms with Crippen molar-refractivity contribution in [2.75, 3.05) is 26.3 Å². The van der Waals surface area contributed by atoms with Gasteiger partial charge >= 0.3 is 5.97 Å². The summed E-state index contributed by atoms with van der Waals surface area (Å²) in [7, 11) is -3.52. The van der Waals surface area contributed by atoms with Crippen molar-refractivity contribution in [3.8, 4) is 5.75 Å². The number of carbonyl (C=O) groups excluding carboxylic acids is 1. The summed E-state index contributed by atoms with van der Waals surface area (Å²) in [4.78, 5) is 12.1. The van der Waals surface area contributed by atoms with Crippen molar-refractivity contribution >= 4 is 22.1 Å². The maximum Gasteiger partial charge on any atom is 0.336 e. The summed E-state index contributed by atoms with van der Waals surface area (Å²) in [6, 6.07) is 13.6. The fourth-order valence-corrected chi connectivity index (χ4v) is 4.09. The summed E-state index contributed by atoms with van der Waals surface area (Å²) in [5.74, 6) is -0.0118. The average Bonchev–Trinajstić information content (AvgIpc) is 2.67. The van der Waals surface area contributed by atoms with Gasteiger partial charge in [-0.15, -0.1) is 0 Å². The molecular formula is C20H21NO5S. The molecule has 1 heterocycles. The first-order valence-electron chi connectivity index (χ1n) is 8.60. The molecule has 0 radical (unpaired) electrons. The highest BCUT2D eigenvalue weighted by Crippen LogP contribution is 2.18. The van der Waals surface area contributed by atoms with Gasteiger partial charge in [0.2, 0.25) is 10.0 Å². The number of esters is 1. The van der Waals surface area contributed by atoms with Crippen molar-refractivity contribution in [3.05, 3.63) is 65.7 Å². The van der Waals surface area contributed by atoms with Crippen LogP contribution < -0.4 is 4.74 Å². The minimum absolute atomic E-state index is 0.226. The Morgan fingerprint density at radius 2 is 1.81 bits per heavy atom. The molecule has 0 bridgehead atoms. The van der Waals surface area contributed by atoms with Gasteiger partial charge in [0, 0.05) is 19.2 Å². The van der Waals surface area contributed by atoms with Gasteiger partial charge in [0.15, 0.2) is 0 Å². The average molecular weight is 387 g/mol.